The lowest BCUT2D eigenvalue weighted by Gasteiger charge is -2.09. The first-order chi connectivity index (χ1) is 14.5. The Morgan fingerprint density at radius 1 is 1.10 bits per heavy atom. The maximum atomic E-state index is 12.3. The third-order valence-electron chi connectivity index (χ3n) is 4.30. The summed E-state index contributed by atoms with van der Waals surface area (Å²) in [5.41, 5.74) is 3.23. The molecule has 1 heterocycles. The Morgan fingerprint density at radius 3 is 2.67 bits per heavy atom. The van der Waals surface area contributed by atoms with Gasteiger partial charge in [0.2, 0.25) is 5.89 Å². The van der Waals surface area contributed by atoms with Gasteiger partial charge in [-0.05, 0) is 72.9 Å². The number of halogens is 1. The third kappa shape index (κ3) is 4.42. The average Bonchev–Trinajstić information content (AvgIpc) is 3.17. The molecule has 150 valence electrons. The number of benzene rings is 3. The van der Waals surface area contributed by atoms with E-state index in [1.54, 1.807) is 49.6 Å². The first-order valence-corrected chi connectivity index (χ1v) is 9.73. The predicted octanol–water partition coefficient (Wildman–Crippen LogP) is 5.28. The van der Waals surface area contributed by atoms with Crippen LogP contribution >= 0.6 is 23.8 Å². The molecule has 1 aromatic heterocycles. The number of hydrogen-bond donors (Lipinski definition) is 2. The number of carbonyl (C=O) groups excluding carboxylic acids is 1. The number of carbonyl (C=O) groups is 1. The molecule has 0 atom stereocenters. The SMILES string of the molecule is COc1cccc(-c2nc3cc(NC(=S)NC(=O)c4ccc(Cl)cc4)ccc3o2)c1. The van der Waals surface area contributed by atoms with Gasteiger partial charge in [0.1, 0.15) is 11.3 Å². The molecule has 8 heteroatoms. The number of nitrogens with one attached hydrogen (secondary N) is 2. The Hall–Kier alpha value is -3.42. The van der Waals surface area contributed by atoms with Crippen molar-refractivity contribution in [3.63, 3.8) is 0 Å². The number of methoxy groups -OCH3 is 1. The van der Waals surface area contributed by atoms with E-state index in [4.69, 9.17) is 33.0 Å². The molecule has 1 amide bonds. The number of oxazole rings is 1. The van der Waals surface area contributed by atoms with E-state index in [0.717, 1.165) is 11.3 Å². The van der Waals surface area contributed by atoms with Gasteiger partial charge in [-0.2, -0.15) is 0 Å². The Morgan fingerprint density at radius 2 is 1.90 bits per heavy atom. The fourth-order valence-electron chi connectivity index (χ4n) is 2.82. The van der Waals surface area contributed by atoms with Gasteiger partial charge >= 0.3 is 0 Å². The van der Waals surface area contributed by atoms with Gasteiger partial charge in [0.15, 0.2) is 10.7 Å². The Kier molecular flexibility index (Phi) is 5.65. The minimum Gasteiger partial charge on any atom is -0.497 e. The zero-order valence-corrected chi connectivity index (χ0v) is 17.4. The zero-order chi connectivity index (χ0) is 21.1. The fraction of sp³-hybridized carbons (Fsp3) is 0.0455. The molecule has 0 saturated heterocycles. The average molecular weight is 438 g/mol. The summed E-state index contributed by atoms with van der Waals surface area (Å²) in [5.74, 6) is 0.880. The zero-order valence-electron chi connectivity index (χ0n) is 15.8. The number of thiocarbonyl (C=S) groups is 1. The molecule has 0 spiro atoms. The van der Waals surface area contributed by atoms with Gasteiger partial charge in [-0.1, -0.05) is 17.7 Å². The second-order valence-electron chi connectivity index (χ2n) is 6.35. The van der Waals surface area contributed by atoms with Crippen molar-refractivity contribution in [3.05, 3.63) is 77.3 Å². The summed E-state index contributed by atoms with van der Waals surface area (Å²) in [6.07, 6.45) is 0. The Bertz CT molecular complexity index is 1240. The highest BCUT2D eigenvalue weighted by atomic mass is 35.5. The summed E-state index contributed by atoms with van der Waals surface area (Å²) in [6, 6.07) is 19.4. The molecular formula is C22H16ClN3O3S. The largest absolute Gasteiger partial charge is 0.497 e. The van der Waals surface area contributed by atoms with Gasteiger partial charge in [0, 0.05) is 21.8 Å². The van der Waals surface area contributed by atoms with Crippen LogP contribution in [0.2, 0.25) is 5.02 Å². The monoisotopic (exact) mass is 437 g/mol. The van der Waals surface area contributed by atoms with Crippen molar-refractivity contribution < 1.29 is 13.9 Å². The number of ether oxygens (including phenoxy) is 1. The quantitative estimate of drug-likeness (QED) is 0.423. The van der Waals surface area contributed by atoms with Gasteiger partial charge in [0.25, 0.3) is 5.91 Å². The van der Waals surface area contributed by atoms with E-state index in [2.05, 4.69) is 15.6 Å². The first-order valence-electron chi connectivity index (χ1n) is 8.95. The molecule has 0 unspecified atom stereocenters. The van der Waals surface area contributed by atoms with Crippen LogP contribution in [-0.4, -0.2) is 23.1 Å². The van der Waals surface area contributed by atoms with E-state index >= 15 is 0 Å². The normalized spacial score (nSPS) is 10.6. The predicted molar refractivity (Wildman–Crippen MR) is 121 cm³/mol. The van der Waals surface area contributed by atoms with Crippen molar-refractivity contribution in [2.24, 2.45) is 0 Å². The highest BCUT2D eigenvalue weighted by Crippen LogP contribution is 2.28. The summed E-state index contributed by atoms with van der Waals surface area (Å²) >= 11 is 11.1. The highest BCUT2D eigenvalue weighted by Gasteiger charge is 2.11. The third-order valence-corrected chi connectivity index (χ3v) is 4.75. The molecule has 0 fully saturated rings. The standard InChI is InChI=1S/C22H16ClN3O3S/c1-28-17-4-2-3-14(11-17)21-25-18-12-16(9-10-19(18)29-21)24-22(30)26-20(27)13-5-7-15(23)8-6-13/h2-12H,1H3,(H2,24,26,27,30). The lowest BCUT2D eigenvalue weighted by atomic mass is 10.2. The minimum atomic E-state index is -0.327. The minimum absolute atomic E-state index is 0.172. The molecule has 30 heavy (non-hydrogen) atoms. The summed E-state index contributed by atoms with van der Waals surface area (Å²) in [7, 11) is 1.61. The Labute approximate surface area is 182 Å². The van der Waals surface area contributed by atoms with Crippen LogP contribution < -0.4 is 15.4 Å². The van der Waals surface area contributed by atoms with Crippen molar-refractivity contribution in [3.8, 4) is 17.2 Å². The van der Waals surface area contributed by atoms with Crippen LogP contribution in [0.5, 0.6) is 5.75 Å². The van der Waals surface area contributed by atoms with E-state index in [0.29, 0.717) is 33.3 Å². The van der Waals surface area contributed by atoms with Crippen molar-refractivity contribution in [1.29, 1.82) is 0 Å². The molecule has 0 aliphatic heterocycles. The van der Waals surface area contributed by atoms with Gasteiger partial charge < -0.3 is 14.5 Å². The van der Waals surface area contributed by atoms with Crippen LogP contribution in [0.1, 0.15) is 10.4 Å². The van der Waals surface area contributed by atoms with Crippen molar-refractivity contribution in [2.45, 2.75) is 0 Å². The number of nitrogens with zero attached hydrogens (tertiary/aromatic N) is 1. The highest BCUT2D eigenvalue weighted by molar-refractivity contribution is 7.80. The maximum absolute atomic E-state index is 12.3. The van der Waals surface area contributed by atoms with E-state index in [-0.39, 0.29) is 11.0 Å². The lowest BCUT2D eigenvalue weighted by Crippen LogP contribution is -2.34. The molecule has 0 radical (unpaired) electrons. The number of amides is 1. The molecule has 0 saturated carbocycles. The van der Waals surface area contributed by atoms with Crippen molar-refractivity contribution in [2.75, 3.05) is 12.4 Å². The molecule has 0 aliphatic rings. The van der Waals surface area contributed by atoms with Crippen LogP contribution in [0.3, 0.4) is 0 Å². The smallest absolute Gasteiger partial charge is 0.257 e. The molecule has 0 bridgehead atoms. The molecule has 3 aromatic carbocycles. The number of anilines is 1. The number of fused-ring (bicyclic) bond motifs is 1. The molecule has 4 aromatic rings. The maximum Gasteiger partial charge on any atom is 0.257 e. The van der Waals surface area contributed by atoms with Crippen LogP contribution in [0, 0.1) is 0 Å². The Balaban J connectivity index is 1.48. The van der Waals surface area contributed by atoms with Crippen molar-refractivity contribution in [1.82, 2.24) is 10.3 Å². The lowest BCUT2D eigenvalue weighted by molar-refractivity contribution is 0.0977. The second kappa shape index (κ2) is 8.52. The van der Waals surface area contributed by atoms with Crippen LogP contribution in [-0.2, 0) is 0 Å². The topological polar surface area (TPSA) is 76.4 Å². The van der Waals surface area contributed by atoms with E-state index in [1.165, 1.54) is 0 Å². The van der Waals surface area contributed by atoms with Crippen LogP contribution in [0.25, 0.3) is 22.6 Å². The number of hydrogen-bond acceptors (Lipinski definition) is 5. The van der Waals surface area contributed by atoms with Crippen molar-refractivity contribution >= 4 is 51.6 Å². The summed E-state index contributed by atoms with van der Waals surface area (Å²) in [5, 5.41) is 6.35. The van der Waals surface area contributed by atoms with Gasteiger partial charge in [0.05, 0.1) is 7.11 Å². The van der Waals surface area contributed by atoms with Crippen LogP contribution in [0.4, 0.5) is 5.69 Å². The molecular weight excluding hydrogens is 422 g/mol. The van der Waals surface area contributed by atoms with E-state index in [1.807, 2.05) is 24.3 Å². The van der Waals surface area contributed by atoms with Gasteiger partial charge in [-0.3, -0.25) is 10.1 Å². The van der Waals surface area contributed by atoms with E-state index in [9.17, 15) is 4.79 Å². The summed E-state index contributed by atoms with van der Waals surface area (Å²) < 4.78 is 11.1. The number of aromatic nitrogens is 1. The van der Waals surface area contributed by atoms with Crippen LogP contribution in [0.15, 0.2) is 71.1 Å². The summed E-state index contributed by atoms with van der Waals surface area (Å²) in [6.45, 7) is 0. The fourth-order valence-corrected chi connectivity index (χ4v) is 3.16. The molecule has 0 aliphatic carbocycles. The second-order valence-corrected chi connectivity index (χ2v) is 7.19. The van der Waals surface area contributed by atoms with Gasteiger partial charge in [-0.25, -0.2) is 4.98 Å². The first kappa shape index (κ1) is 19.9. The number of rotatable bonds is 4. The van der Waals surface area contributed by atoms with E-state index < -0.39 is 0 Å². The molecule has 4 rings (SSSR count). The van der Waals surface area contributed by atoms with Gasteiger partial charge in [-0.15, -0.1) is 0 Å². The molecule has 2 N–H and O–H groups in total. The molecule has 6 nitrogen and oxygen atoms in total. The summed E-state index contributed by atoms with van der Waals surface area (Å²) in [4.78, 5) is 16.8.